The van der Waals surface area contributed by atoms with Crippen molar-refractivity contribution in [2.75, 3.05) is 0 Å². The first-order valence-corrected chi connectivity index (χ1v) is 8.62. The summed E-state index contributed by atoms with van der Waals surface area (Å²) in [5.41, 5.74) is 4.64. The van der Waals surface area contributed by atoms with E-state index in [0.29, 0.717) is 0 Å². The van der Waals surface area contributed by atoms with Crippen molar-refractivity contribution >= 4 is 5.71 Å². The minimum Gasteiger partial charge on any atom is -0.464 e. The SMILES string of the molecule is c1ccc(C2=NN3[C@@H](c4ccccc4)Oc4ccccc4[C@@H]3C2)cc1. The van der Waals surface area contributed by atoms with E-state index >= 15 is 0 Å². The van der Waals surface area contributed by atoms with E-state index in [1.807, 2.05) is 30.3 Å². The van der Waals surface area contributed by atoms with Gasteiger partial charge in [-0.3, -0.25) is 0 Å². The molecule has 0 N–H and O–H groups in total. The molecule has 2 atom stereocenters. The van der Waals surface area contributed by atoms with Crippen LogP contribution in [-0.2, 0) is 0 Å². The van der Waals surface area contributed by atoms with Crippen LogP contribution in [0.4, 0.5) is 0 Å². The van der Waals surface area contributed by atoms with Crippen molar-refractivity contribution in [2.24, 2.45) is 5.10 Å². The number of fused-ring (bicyclic) bond motifs is 3. The van der Waals surface area contributed by atoms with Crippen LogP contribution in [0.15, 0.2) is 90.0 Å². The van der Waals surface area contributed by atoms with E-state index in [4.69, 9.17) is 9.84 Å². The fourth-order valence-corrected chi connectivity index (χ4v) is 3.68. The highest BCUT2D eigenvalue weighted by molar-refractivity contribution is 6.01. The second kappa shape index (κ2) is 5.78. The Labute approximate surface area is 147 Å². The molecule has 3 heteroatoms. The number of benzene rings is 3. The van der Waals surface area contributed by atoms with Crippen LogP contribution in [-0.4, -0.2) is 10.7 Å². The molecule has 25 heavy (non-hydrogen) atoms. The molecular weight excluding hydrogens is 308 g/mol. The van der Waals surface area contributed by atoms with Crippen LogP contribution in [0.3, 0.4) is 0 Å². The Balaban J connectivity index is 1.61. The van der Waals surface area contributed by atoms with Gasteiger partial charge in [-0.1, -0.05) is 78.9 Å². The van der Waals surface area contributed by atoms with Crippen molar-refractivity contribution in [2.45, 2.75) is 18.7 Å². The van der Waals surface area contributed by atoms with E-state index in [9.17, 15) is 0 Å². The van der Waals surface area contributed by atoms with Gasteiger partial charge in [0.15, 0.2) is 0 Å². The van der Waals surface area contributed by atoms with Gasteiger partial charge in [0.1, 0.15) is 5.75 Å². The number of hydrogen-bond acceptors (Lipinski definition) is 3. The lowest BCUT2D eigenvalue weighted by atomic mass is 9.96. The summed E-state index contributed by atoms with van der Waals surface area (Å²) in [7, 11) is 0. The molecule has 0 fully saturated rings. The highest BCUT2D eigenvalue weighted by atomic mass is 16.5. The monoisotopic (exact) mass is 326 g/mol. The van der Waals surface area contributed by atoms with Gasteiger partial charge in [0.25, 0.3) is 0 Å². The summed E-state index contributed by atoms with van der Waals surface area (Å²) in [4.78, 5) is 0. The number of nitrogens with zero attached hydrogens (tertiary/aromatic N) is 2. The van der Waals surface area contributed by atoms with E-state index < -0.39 is 0 Å². The summed E-state index contributed by atoms with van der Waals surface area (Å²) in [6.07, 6.45) is 0.704. The third kappa shape index (κ3) is 2.40. The van der Waals surface area contributed by atoms with Crippen LogP contribution in [0.2, 0.25) is 0 Å². The maximum Gasteiger partial charge on any atom is 0.213 e. The molecule has 0 bridgehead atoms. The van der Waals surface area contributed by atoms with Crippen LogP contribution in [0.25, 0.3) is 0 Å². The fraction of sp³-hybridized carbons (Fsp3) is 0.136. The van der Waals surface area contributed by atoms with Crippen molar-refractivity contribution < 1.29 is 4.74 Å². The summed E-state index contributed by atoms with van der Waals surface area (Å²) >= 11 is 0. The van der Waals surface area contributed by atoms with Crippen molar-refractivity contribution in [3.05, 3.63) is 102 Å². The summed E-state index contributed by atoms with van der Waals surface area (Å²) < 4.78 is 6.33. The number of ether oxygens (including phenoxy) is 1. The molecule has 2 aliphatic heterocycles. The Kier molecular flexibility index (Phi) is 3.30. The summed E-state index contributed by atoms with van der Waals surface area (Å²) in [6.45, 7) is 0. The van der Waals surface area contributed by atoms with Gasteiger partial charge in [-0.15, -0.1) is 0 Å². The van der Waals surface area contributed by atoms with E-state index in [1.54, 1.807) is 0 Å². The summed E-state index contributed by atoms with van der Waals surface area (Å²) in [5, 5.41) is 7.09. The van der Waals surface area contributed by atoms with Crippen molar-refractivity contribution in [3.63, 3.8) is 0 Å². The lowest BCUT2D eigenvalue weighted by Gasteiger charge is -2.38. The van der Waals surface area contributed by atoms with Gasteiger partial charge in [-0.2, -0.15) is 5.10 Å². The van der Waals surface area contributed by atoms with Crippen LogP contribution in [0.5, 0.6) is 5.75 Å². The molecule has 0 aliphatic carbocycles. The predicted octanol–water partition coefficient (Wildman–Crippen LogP) is 4.93. The lowest BCUT2D eigenvalue weighted by Crippen LogP contribution is -2.33. The zero-order valence-electron chi connectivity index (χ0n) is 13.7. The Hall–Kier alpha value is -3.07. The molecule has 3 aromatic rings. The maximum atomic E-state index is 6.33. The largest absolute Gasteiger partial charge is 0.464 e. The first-order valence-electron chi connectivity index (χ1n) is 8.62. The maximum absolute atomic E-state index is 6.33. The normalized spacial score (nSPS) is 21.1. The molecule has 5 rings (SSSR count). The highest BCUT2D eigenvalue weighted by Gasteiger charge is 2.40. The molecule has 2 heterocycles. The minimum absolute atomic E-state index is 0.192. The topological polar surface area (TPSA) is 24.8 Å². The second-order valence-electron chi connectivity index (χ2n) is 6.43. The van der Waals surface area contributed by atoms with Crippen LogP contribution in [0, 0.1) is 0 Å². The van der Waals surface area contributed by atoms with Crippen molar-refractivity contribution in [1.29, 1.82) is 0 Å². The Bertz CT molecular complexity index is 921. The van der Waals surface area contributed by atoms with E-state index in [0.717, 1.165) is 23.4 Å². The molecule has 0 unspecified atom stereocenters. The van der Waals surface area contributed by atoms with Gasteiger partial charge < -0.3 is 4.74 Å². The molecule has 0 amide bonds. The molecule has 0 aromatic heterocycles. The lowest BCUT2D eigenvalue weighted by molar-refractivity contribution is -0.0190. The van der Waals surface area contributed by atoms with Crippen LogP contribution in [0.1, 0.15) is 35.4 Å². The number of hydrazone groups is 1. The Morgan fingerprint density at radius 3 is 2.28 bits per heavy atom. The van der Waals surface area contributed by atoms with Crippen molar-refractivity contribution in [1.82, 2.24) is 5.01 Å². The molecule has 3 nitrogen and oxygen atoms in total. The summed E-state index contributed by atoms with van der Waals surface area (Å²) in [6, 6.07) is 29.3. The van der Waals surface area contributed by atoms with Gasteiger partial charge in [0, 0.05) is 17.5 Å². The molecule has 122 valence electrons. The number of rotatable bonds is 2. The van der Waals surface area contributed by atoms with Gasteiger partial charge >= 0.3 is 0 Å². The first-order chi connectivity index (χ1) is 12.4. The third-order valence-electron chi connectivity index (χ3n) is 4.89. The fourth-order valence-electron chi connectivity index (χ4n) is 3.68. The molecule has 3 aromatic carbocycles. The van der Waals surface area contributed by atoms with Gasteiger partial charge in [-0.25, -0.2) is 5.01 Å². The molecular formula is C22H18N2O. The zero-order chi connectivity index (χ0) is 16.6. The predicted molar refractivity (Wildman–Crippen MR) is 98.4 cm³/mol. The molecule has 0 saturated carbocycles. The number of hydrogen-bond donors (Lipinski definition) is 0. The van der Waals surface area contributed by atoms with E-state index in [2.05, 4.69) is 59.6 Å². The number of para-hydroxylation sites is 1. The van der Waals surface area contributed by atoms with Crippen LogP contribution >= 0.6 is 0 Å². The zero-order valence-corrected chi connectivity index (χ0v) is 13.7. The van der Waals surface area contributed by atoms with Crippen LogP contribution < -0.4 is 4.74 Å². The van der Waals surface area contributed by atoms with Gasteiger partial charge in [-0.05, 0) is 11.6 Å². The molecule has 0 saturated heterocycles. The quantitative estimate of drug-likeness (QED) is 0.667. The Morgan fingerprint density at radius 1 is 0.800 bits per heavy atom. The molecule has 0 spiro atoms. The van der Waals surface area contributed by atoms with E-state index in [1.165, 1.54) is 11.1 Å². The second-order valence-corrected chi connectivity index (χ2v) is 6.43. The molecule has 0 radical (unpaired) electrons. The smallest absolute Gasteiger partial charge is 0.213 e. The van der Waals surface area contributed by atoms with Crippen molar-refractivity contribution in [3.8, 4) is 5.75 Å². The third-order valence-corrected chi connectivity index (χ3v) is 4.89. The standard InChI is InChI=1S/C22H18N2O/c1-3-9-16(10-4-1)19-15-20-18-13-7-8-14-21(18)25-22(24(20)23-19)17-11-5-2-6-12-17/h1-14,20,22H,15H2/t20-,22+/m0/s1. The Morgan fingerprint density at radius 2 is 1.48 bits per heavy atom. The van der Waals surface area contributed by atoms with E-state index in [-0.39, 0.29) is 12.3 Å². The van der Waals surface area contributed by atoms with Gasteiger partial charge in [0.05, 0.1) is 11.8 Å². The highest BCUT2D eigenvalue weighted by Crippen LogP contribution is 2.47. The first kappa shape index (κ1) is 14.3. The molecule has 2 aliphatic rings. The van der Waals surface area contributed by atoms with Gasteiger partial charge in [0.2, 0.25) is 6.23 Å². The summed E-state index contributed by atoms with van der Waals surface area (Å²) in [5.74, 6) is 0.960. The average Bonchev–Trinajstić information content (AvgIpc) is 3.14. The average molecular weight is 326 g/mol. The minimum atomic E-state index is -0.192.